The van der Waals surface area contributed by atoms with Gasteiger partial charge in [-0.15, -0.1) is 0 Å². The van der Waals surface area contributed by atoms with Gasteiger partial charge in [0.15, 0.2) is 5.75 Å². The fourth-order valence-corrected chi connectivity index (χ4v) is 1.48. The summed E-state index contributed by atoms with van der Waals surface area (Å²) < 4.78 is 9.99. The second kappa shape index (κ2) is 5.70. The van der Waals surface area contributed by atoms with Crippen LogP contribution >= 0.6 is 0 Å². The van der Waals surface area contributed by atoms with Crippen molar-refractivity contribution in [3.8, 4) is 17.6 Å². The third kappa shape index (κ3) is 2.84. The molecule has 0 aliphatic heterocycles. The van der Waals surface area contributed by atoms with Crippen molar-refractivity contribution in [1.82, 2.24) is 0 Å². The number of ether oxygens (including phenoxy) is 2. The molecule has 0 fully saturated rings. The largest absolute Gasteiger partial charge is 0.493 e. The van der Waals surface area contributed by atoms with Gasteiger partial charge in [0.05, 0.1) is 25.2 Å². The summed E-state index contributed by atoms with van der Waals surface area (Å²) in [6.07, 6.45) is 0.740. The Hall–Kier alpha value is -2.29. The molecule has 0 radical (unpaired) electrons. The molecule has 17 heavy (non-hydrogen) atoms. The van der Waals surface area contributed by atoms with E-state index in [9.17, 15) is 10.1 Å². The van der Waals surface area contributed by atoms with Crippen LogP contribution in [0.5, 0.6) is 11.5 Å². The maximum Gasteiger partial charge on any atom is 0.315 e. The molecule has 0 aromatic heterocycles. The molecule has 90 valence electrons. The highest BCUT2D eigenvalue weighted by Crippen LogP contribution is 2.38. The first kappa shape index (κ1) is 12.8. The van der Waals surface area contributed by atoms with E-state index in [-0.39, 0.29) is 11.4 Å². The third-order valence-corrected chi connectivity index (χ3v) is 2.24. The first-order valence-corrected chi connectivity index (χ1v) is 4.90. The highest BCUT2D eigenvalue weighted by Gasteiger charge is 2.21. The number of nitriles is 1. The fourth-order valence-electron chi connectivity index (χ4n) is 1.48. The van der Waals surface area contributed by atoms with Gasteiger partial charge in [0, 0.05) is 12.5 Å². The minimum atomic E-state index is -0.531. The van der Waals surface area contributed by atoms with Gasteiger partial charge in [-0.1, -0.05) is 0 Å². The van der Waals surface area contributed by atoms with Crippen LogP contribution in [0.4, 0.5) is 5.69 Å². The molecule has 0 aliphatic carbocycles. The summed E-state index contributed by atoms with van der Waals surface area (Å²) >= 11 is 0. The molecule has 0 heterocycles. The summed E-state index contributed by atoms with van der Waals surface area (Å²) in [5.41, 5.74) is 0.524. The van der Waals surface area contributed by atoms with Crippen LogP contribution in [0.1, 0.15) is 12.0 Å². The van der Waals surface area contributed by atoms with Gasteiger partial charge in [-0.3, -0.25) is 10.1 Å². The summed E-state index contributed by atoms with van der Waals surface area (Å²) in [6.45, 7) is 0. The highest BCUT2D eigenvalue weighted by molar-refractivity contribution is 5.58. The molecule has 0 N–H and O–H groups in total. The molecule has 0 saturated heterocycles. The lowest BCUT2D eigenvalue weighted by molar-refractivity contribution is -0.385. The van der Waals surface area contributed by atoms with E-state index in [0.717, 1.165) is 0 Å². The van der Waals surface area contributed by atoms with E-state index >= 15 is 0 Å². The number of hydrogen-bond acceptors (Lipinski definition) is 5. The molecule has 0 bridgehead atoms. The van der Waals surface area contributed by atoms with Crippen molar-refractivity contribution in [2.75, 3.05) is 14.2 Å². The van der Waals surface area contributed by atoms with E-state index in [1.807, 2.05) is 6.07 Å². The van der Waals surface area contributed by atoms with Gasteiger partial charge >= 0.3 is 5.69 Å². The number of methoxy groups -OCH3 is 2. The zero-order valence-corrected chi connectivity index (χ0v) is 9.60. The quantitative estimate of drug-likeness (QED) is 0.577. The SMILES string of the molecule is COc1cc(CCC#N)cc([N+](=O)[O-])c1OC. The van der Waals surface area contributed by atoms with Crippen LogP contribution in [0.15, 0.2) is 12.1 Å². The van der Waals surface area contributed by atoms with Crippen LogP contribution in [-0.4, -0.2) is 19.1 Å². The van der Waals surface area contributed by atoms with Gasteiger partial charge < -0.3 is 9.47 Å². The minimum Gasteiger partial charge on any atom is -0.493 e. The smallest absolute Gasteiger partial charge is 0.315 e. The average Bonchev–Trinajstić information content (AvgIpc) is 2.34. The van der Waals surface area contributed by atoms with Crippen LogP contribution in [0, 0.1) is 21.4 Å². The molecule has 1 aromatic carbocycles. The maximum absolute atomic E-state index is 10.9. The monoisotopic (exact) mass is 236 g/mol. The van der Waals surface area contributed by atoms with E-state index < -0.39 is 4.92 Å². The molecule has 1 aromatic rings. The topological polar surface area (TPSA) is 85.4 Å². The van der Waals surface area contributed by atoms with Gasteiger partial charge in [-0.25, -0.2) is 0 Å². The standard InChI is InChI=1S/C11H12N2O4/c1-16-10-7-8(4-3-5-12)6-9(13(14)15)11(10)17-2/h6-7H,3-4H2,1-2H3. The Balaban J connectivity index is 3.25. The summed E-state index contributed by atoms with van der Waals surface area (Å²) in [4.78, 5) is 10.3. The molecule has 0 aliphatic rings. The number of benzene rings is 1. The van der Waals surface area contributed by atoms with Crippen molar-refractivity contribution >= 4 is 5.69 Å². The zero-order valence-electron chi connectivity index (χ0n) is 9.60. The number of nitrogens with zero attached hydrogens (tertiary/aromatic N) is 2. The van der Waals surface area contributed by atoms with Crippen molar-refractivity contribution in [3.63, 3.8) is 0 Å². The number of nitro benzene ring substituents is 1. The van der Waals surface area contributed by atoms with Gasteiger partial charge in [0.25, 0.3) is 0 Å². The lowest BCUT2D eigenvalue weighted by Gasteiger charge is -2.09. The molecule has 0 saturated carbocycles. The second-order valence-corrected chi connectivity index (χ2v) is 3.27. The first-order chi connectivity index (χ1) is 8.13. The van der Waals surface area contributed by atoms with Crippen molar-refractivity contribution in [1.29, 1.82) is 5.26 Å². The number of rotatable bonds is 5. The Morgan fingerprint density at radius 3 is 2.59 bits per heavy atom. The van der Waals surface area contributed by atoms with Crippen LogP contribution in [0.3, 0.4) is 0 Å². The summed E-state index contributed by atoms with van der Waals surface area (Å²) in [7, 11) is 2.76. The number of hydrogen-bond donors (Lipinski definition) is 0. The molecule has 6 nitrogen and oxygen atoms in total. The van der Waals surface area contributed by atoms with Crippen molar-refractivity contribution in [2.45, 2.75) is 12.8 Å². The lowest BCUT2D eigenvalue weighted by atomic mass is 10.1. The molecule has 0 amide bonds. The van der Waals surface area contributed by atoms with Gasteiger partial charge in [-0.2, -0.15) is 5.26 Å². The molecule has 0 atom stereocenters. The Kier molecular flexibility index (Phi) is 4.29. The highest BCUT2D eigenvalue weighted by atomic mass is 16.6. The second-order valence-electron chi connectivity index (χ2n) is 3.27. The predicted octanol–water partition coefficient (Wildman–Crippen LogP) is 2.07. The van der Waals surface area contributed by atoms with Crippen LogP contribution < -0.4 is 9.47 Å². The third-order valence-electron chi connectivity index (χ3n) is 2.24. The Labute approximate surface area is 98.5 Å². The number of nitro groups is 1. The van der Waals surface area contributed by atoms with Gasteiger partial charge in [0.2, 0.25) is 5.75 Å². The Morgan fingerprint density at radius 2 is 2.12 bits per heavy atom. The van der Waals surface area contributed by atoms with Crippen molar-refractivity contribution < 1.29 is 14.4 Å². The van der Waals surface area contributed by atoms with E-state index in [0.29, 0.717) is 24.2 Å². The molecular formula is C11H12N2O4. The van der Waals surface area contributed by atoms with E-state index in [4.69, 9.17) is 14.7 Å². The van der Waals surface area contributed by atoms with E-state index in [1.165, 1.54) is 20.3 Å². The van der Waals surface area contributed by atoms with Crippen LogP contribution in [-0.2, 0) is 6.42 Å². The average molecular weight is 236 g/mol. The summed E-state index contributed by atoms with van der Waals surface area (Å²) in [5.74, 6) is 0.396. The zero-order chi connectivity index (χ0) is 12.8. The van der Waals surface area contributed by atoms with Crippen LogP contribution in [0.25, 0.3) is 0 Å². The predicted molar refractivity (Wildman–Crippen MR) is 60.1 cm³/mol. The number of aryl methyl sites for hydroxylation is 1. The first-order valence-electron chi connectivity index (χ1n) is 4.90. The van der Waals surface area contributed by atoms with Crippen molar-refractivity contribution in [2.24, 2.45) is 0 Å². The fraction of sp³-hybridized carbons (Fsp3) is 0.364. The van der Waals surface area contributed by atoms with Gasteiger partial charge in [-0.05, 0) is 18.1 Å². The molecule has 6 heteroatoms. The Bertz CT molecular complexity index is 465. The summed E-state index contributed by atoms with van der Waals surface area (Å²) in [6, 6.07) is 5.03. The molecule has 0 unspecified atom stereocenters. The van der Waals surface area contributed by atoms with Gasteiger partial charge in [0.1, 0.15) is 0 Å². The van der Waals surface area contributed by atoms with E-state index in [2.05, 4.69) is 0 Å². The molecular weight excluding hydrogens is 224 g/mol. The minimum absolute atomic E-state index is 0.0956. The van der Waals surface area contributed by atoms with E-state index in [1.54, 1.807) is 6.07 Å². The molecule has 1 rings (SSSR count). The molecule has 0 spiro atoms. The van der Waals surface area contributed by atoms with Crippen molar-refractivity contribution in [3.05, 3.63) is 27.8 Å². The van der Waals surface area contributed by atoms with Crippen LogP contribution in [0.2, 0.25) is 0 Å². The maximum atomic E-state index is 10.9. The lowest BCUT2D eigenvalue weighted by Crippen LogP contribution is -1.99. The summed E-state index contributed by atoms with van der Waals surface area (Å²) in [5, 5.41) is 19.4. The Morgan fingerprint density at radius 1 is 1.41 bits per heavy atom. The normalized spacial score (nSPS) is 9.47.